The van der Waals surface area contributed by atoms with Gasteiger partial charge in [-0.25, -0.2) is 0 Å². The van der Waals surface area contributed by atoms with Crippen LogP contribution in [0.15, 0.2) is 0 Å². The number of carbonyl (C=O) groups is 1. The summed E-state index contributed by atoms with van der Waals surface area (Å²) in [6.07, 6.45) is 3.84. The second-order valence-electron chi connectivity index (χ2n) is 5.14. The molecule has 2 N–H and O–H groups in total. The van der Waals surface area contributed by atoms with Crippen LogP contribution in [0.4, 0.5) is 0 Å². The van der Waals surface area contributed by atoms with Gasteiger partial charge in [-0.2, -0.15) is 0 Å². The van der Waals surface area contributed by atoms with E-state index in [1.54, 1.807) is 0 Å². The summed E-state index contributed by atoms with van der Waals surface area (Å²) in [4.78, 5) is 11.0. The molecule has 0 aromatic carbocycles. The highest BCUT2D eigenvalue weighted by atomic mass is 16.4. The Hall–Kier alpha value is -0.570. The van der Waals surface area contributed by atoms with Crippen molar-refractivity contribution in [3.8, 4) is 0 Å². The van der Waals surface area contributed by atoms with Crippen LogP contribution in [0.5, 0.6) is 0 Å². The van der Waals surface area contributed by atoms with Crippen LogP contribution < -0.4 is 5.32 Å². The lowest BCUT2D eigenvalue weighted by molar-refractivity contribution is -0.140. The summed E-state index contributed by atoms with van der Waals surface area (Å²) < 4.78 is 0. The zero-order valence-electron chi connectivity index (χ0n) is 9.99. The maximum atomic E-state index is 11.0. The standard InChI is InChI=1S/C12H23NO2/c1-8(2)11(12(14)15)13-7-10-6-4-5-9(10)3/h8-11,13H,4-7H2,1-3H3,(H,14,15). The van der Waals surface area contributed by atoms with Crippen LogP contribution in [0.1, 0.15) is 40.0 Å². The molecule has 0 aromatic rings. The van der Waals surface area contributed by atoms with Crippen LogP contribution in [-0.4, -0.2) is 23.7 Å². The van der Waals surface area contributed by atoms with Gasteiger partial charge in [-0.15, -0.1) is 0 Å². The lowest BCUT2D eigenvalue weighted by Gasteiger charge is -2.22. The fourth-order valence-electron chi connectivity index (χ4n) is 2.41. The Morgan fingerprint density at radius 1 is 1.47 bits per heavy atom. The van der Waals surface area contributed by atoms with Crippen LogP contribution in [-0.2, 0) is 4.79 Å². The van der Waals surface area contributed by atoms with Crippen molar-refractivity contribution >= 4 is 5.97 Å². The van der Waals surface area contributed by atoms with E-state index in [9.17, 15) is 4.79 Å². The summed E-state index contributed by atoms with van der Waals surface area (Å²) in [5.74, 6) is 0.847. The van der Waals surface area contributed by atoms with Crippen LogP contribution in [0, 0.1) is 17.8 Å². The Bertz CT molecular complexity index is 216. The van der Waals surface area contributed by atoms with Crippen LogP contribution in [0.2, 0.25) is 0 Å². The SMILES string of the molecule is CC(C)C(NCC1CCCC1C)C(=O)O. The van der Waals surface area contributed by atoms with Crippen molar-refractivity contribution < 1.29 is 9.90 Å². The monoisotopic (exact) mass is 213 g/mol. The fraction of sp³-hybridized carbons (Fsp3) is 0.917. The van der Waals surface area contributed by atoms with E-state index in [0.29, 0.717) is 5.92 Å². The number of hydrogen-bond donors (Lipinski definition) is 2. The number of carboxylic acid groups (broad SMARTS) is 1. The minimum atomic E-state index is -0.726. The van der Waals surface area contributed by atoms with Gasteiger partial charge in [0.25, 0.3) is 0 Å². The molecule has 3 unspecified atom stereocenters. The van der Waals surface area contributed by atoms with Gasteiger partial charge in [-0.3, -0.25) is 4.79 Å². The second kappa shape index (κ2) is 5.50. The molecule has 3 atom stereocenters. The third-order valence-corrected chi connectivity index (χ3v) is 3.57. The lowest BCUT2D eigenvalue weighted by atomic mass is 9.96. The maximum Gasteiger partial charge on any atom is 0.320 e. The quantitative estimate of drug-likeness (QED) is 0.735. The molecular formula is C12H23NO2. The Labute approximate surface area is 92.3 Å². The number of nitrogens with one attached hydrogen (secondary N) is 1. The predicted octanol–water partition coefficient (Wildman–Crippen LogP) is 2.12. The molecule has 1 aliphatic rings. The Morgan fingerprint density at radius 3 is 2.53 bits per heavy atom. The third-order valence-electron chi connectivity index (χ3n) is 3.57. The molecule has 15 heavy (non-hydrogen) atoms. The van der Waals surface area contributed by atoms with Gasteiger partial charge >= 0.3 is 5.97 Å². The highest BCUT2D eigenvalue weighted by Gasteiger charge is 2.26. The van der Waals surface area contributed by atoms with Crippen molar-refractivity contribution in [2.45, 2.75) is 46.1 Å². The molecule has 88 valence electrons. The molecule has 0 bridgehead atoms. The highest BCUT2D eigenvalue weighted by molar-refractivity contribution is 5.73. The Morgan fingerprint density at radius 2 is 2.13 bits per heavy atom. The van der Waals surface area contributed by atoms with Gasteiger partial charge in [0, 0.05) is 0 Å². The predicted molar refractivity (Wildman–Crippen MR) is 60.8 cm³/mol. The first-order valence-corrected chi connectivity index (χ1v) is 5.98. The molecule has 0 saturated heterocycles. The third kappa shape index (κ3) is 3.49. The first kappa shape index (κ1) is 12.5. The second-order valence-corrected chi connectivity index (χ2v) is 5.14. The highest BCUT2D eigenvalue weighted by Crippen LogP contribution is 2.30. The molecule has 0 heterocycles. The van der Waals surface area contributed by atoms with E-state index in [2.05, 4.69) is 12.2 Å². The zero-order valence-corrected chi connectivity index (χ0v) is 9.99. The van der Waals surface area contributed by atoms with Gasteiger partial charge in [0.05, 0.1) is 0 Å². The zero-order chi connectivity index (χ0) is 11.4. The van der Waals surface area contributed by atoms with Gasteiger partial charge in [0.2, 0.25) is 0 Å². The van der Waals surface area contributed by atoms with Crippen molar-refractivity contribution in [1.29, 1.82) is 0 Å². The lowest BCUT2D eigenvalue weighted by Crippen LogP contribution is -2.43. The summed E-state index contributed by atoms with van der Waals surface area (Å²) in [7, 11) is 0. The van der Waals surface area contributed by atoms with E-state index in [0.717, 1.165) is 12.5 Å². The van der Waals surface area contributed by atoms with E-state index < -0.39 is 12.0 Å². The normalized spacial score (nSPS) is 28.3. The maximum absolute atomic E-state index is 11.0. The smallest absolute Gasteiger partial charge is 0.320 e. The Balaban J connectivity index is 2.36. The molecule has 0 spiro atoms. The topological polar surface area (TPSA) is 49.3 Å². The van der Waals surface area contributed by atoms with Crippen molar-refractivity contribution in [2.75, 3.05) is 6.54 Å². The average Bonchev–Trinajstić information content (AvgIpc) is 2.51. The van der Waals surface area contributed by atoms with Crippen LogP contribution in [0.25, 0.3) is 0 Å². The van der Waals surface area contributed by atoms with E-state index in [4.69, 9.17) is 5.11 Å². The van der Waals surface area contributed by atoms with Crippen molar-refractivity contribution in [1.82, 2.24) is 5.32 Å². The van der Waals surface area contributed by atoms with E-state index in [-0.39, 0.29) is 5.92 Å². The van der Waals surface area contributed by atoms with Crippen LogP contribution >= 0.6 is 0 Å². The molecule has 0 amide bonds. The Kier molecular flexibility index (Phi) is 4.58. The molecule has 0 aliphatic heterocycles. The first-order valence-electron chi connectivity index (χ1n) is 5.98. The molecule has 0 radical (unpaired) electrons. The van der Waals surface area contributed by atoms with Gasteiger partial charge in [0.1, 0.15) is 6.04 Å². The number of rotatable bonds is 5. The van der Waals surface area contributed by atoms with E-state index in [1.165, 1.54) is 19.3 Å². The van der Waals surface area contributed by atoms with Gasteiger partial charge in [-0.05, 0) is 30.7 Å². The summed E-state index contributed by atoms with van der Waals surface area (Å²) in [5, 5.41) is 12.2. The summed E-state index contributed by atoms with van der Waals surface area (Å²) in [6.45, 7) is 7.02. The average molecular weight is 213 g/mol. The minimum Gasteiger partial charge on any atom is -0.480 e. The van der Waals surface area contributed by atoms with Gasteiger partial charge < -0.3 is 10.4 Å². The minimum absolute atomic E-state index is 0.152. The molecule has 1 aliphatic carbocycles. The van der Waals surface area contributed by atoms with E-state index in [1.807, 2.05) is 13.8 Å². The molecular weight excluding hydrogens is 190 g/mol. The molecule has 1 rings (SSSR count). The van der Waals surface area contributed by atoms with Crippen LogP contribution in [0.3, 0.4) is 0 Å². The first-order chi connectivity index (χ1) is 7.02. The molecule has 0 aromatic heterocycles. The van der Waals surface area contributed by atoms with Gasteiger partial charge in [-0.1, -0.05) is 33.6 Å². The largest absolute Gasteiger partial charge is 0.480 e. The summed E-state index contributed by atoms with van der Waals surface area (Å²) >= 11 is 0. The van der Waals surface area contributed by atoms with Crippen molar-refractivity contribution in [2.24, 2.45) is 17.8 Å². The molecule has 3 nitrogen and oxygen atoms in total. The van der Waals surface area contributed by atoms with Gasteiger partial charge in [0.15, 0.2) is 0 Å². The molecule has 1 fully saturated rings. The fourth-order valence-corrected chi connectivity index (χ4v) is 2.41. The summed E-state index contributed by atoms with van der Waals surface area (Å²) in [5.41, 5.74) is 0. The summed E-state index contributed by atoms with van der Waals surface area (Å²) in [6, 6.07) is -0.391. The number of carboxylic acids is 1. The van der Waals surface area contributed by atoms with E-state index >= 15 is 0 Å². The molecule has 3 heteroatoms. The van der Waals surface area contributed by atoms with Crippen molar-refractivity contribution in [3.05, 3.63) is 0 Å². The molecule has 1 saturated carbocycles. The number of hydrogen-bond acceptors (Lipinski definition) is 2. The van der Waals surface area contributed by atoms with Crippen molar-refractivity contribution in [3.63, 3.8) is 0 Å². The number of aliphatic carboxylic acids is 1.